The van der Waals surface area contributed by atoms with Gasteiger partial charge in [0.1, 0.15) is 5.76 Å². The largest absolute Gasteiger partial charge is 0.507 e. The molecule has 1 atom stereocenters. The number of amides is 1. The van der Waals surface area contributed by atoms with Crippen LogP contribution in [-0.4, -0.2) is 33.2 Å². The topological polar surface area (TPSA) is 70.5 Å². The van der Waals surface area contributed by atoms with E-state index in [1.807, 2.05) is 36.4 Å². The molecule has 1 saturated heterocycles. The Balaban J connectivity index is 1.76. The first-order valence-corrected chi connectivity index (χ1v) is 9.44. The Morgan fingerprint density at radius 1 is 0.897 bits per heavy atom. The summed E-state index contributed by atoms with van der Waals surface area (Å²) in [4.78, 5) is 31.3. The van der Waals surface area contributed by atoms with Crippen molar-refractivity contribution < 1.29 is 14.7 Å². The fourth-order valence-corrected chi connectivity index (χ4v) is 3.65. The van der Waals surface area contributed by atoms with Crippen molar-refractivity contribution in [2.24, 2.45) is 0 Å². The molecule has 0 aliphatic carbocycles. The van der Waals surface area contributed by atoms with Gasteiger partial charge in [0.2, 0.25) is 0 Å². The van der Waals surface area contributed by atoms with Crippen LogP contribution in [0.5, 0.6) is 0 Å². The Labute approximate surface area is 169 Å². The van der Waals surface area contributed by atoms with E-state index < -0.39 is 17.7 Å². The van der Waals surface area contributed by atoms with Crippen molar-refractivity contribution in [3.05, 3.63) is 107 Å². The lowest BCUT2D eigenvalue weighted by Crippen LogP contribution is -2.31. The van der Waals surface area contributed by atoms with Gasteiger partial charge in [-0.2, -0.15) is 0 Å². The molecule has 144 valence electrons. The lowest BCUT2D eigenvalue weighted by molar-refractivity contribution is -0.139. The first-order chi connectivity index (χ1) is 14.2. The van der Waals surface area contributed by atoms with Gasteiger partial charge in [0.15, 0.2) is 0 Å². The molecule has 2 aromatic carbocycles. The number of hydrogen-bond donors (Lipinski definition) is 1. The summed E-state index contributed by atoms with van der Waals surface area (Å²) in [5, 5.41) is 10.9. The van der Waals surface area contributed by atoms with Crippen molar-refractivity contribution in [2.75, 3.05) is 6.54 Å². The number of nitrogens with zero attached hydrogens (tertiary/aromatic N) is 2. The number of aliphatic hydroxyl groups excluding tert-OH is 1. The van der Waals surface area contributed by atoms with Crippen LogP contribution >= 0.6 is 0 Å². The highest BCUT2D eigenvalue weighted by Crippen LogP contribution is 2.39. The molecule has 1 aliphatic heterocycles. The molecule has 1 unspecified atom stereocenters. The van der Waals surface area contributed by atoms with Gasteiger partial charge < -0.3 is 10.0 Å². The number of pyridine rings is 1. The van der Waals surface area contributed by atoms with Gasteiger partial charge in [-0.15, -0.1) is 0 Å². The van der Waals surface area contributed by atoms with Crippen molar-refractivity contribution in [2.45, 2.75) is 12.5 Å². The number of carbonyl (C=O) groups is 2. The Kier molecular flexibility index (Phi) is 5.20. The predicted octanol–water partition coefficient (Wildman–Crippen LogP) is 3.75. The molecule has 29 heavy (non-hydrogen) atoms. The third kappa shape index (κ3) is 3.67. The molecule has 3 aromatic rings. The second kappa shape index (κ2) is 8.10. The zero-order valence-corrected chi connectivity index (χ0v) is 15.7. The maximum atomic E-state index is 12.9. The van der Waals surface area contributed by atoms with Crippen molar-refractivity contribution in [1.82, 2.24) is 9.88 Å². The van der Waals surface area contributed by atoms with E-state index in [2.05, 4.69) is 4.98 Å². The van der Waals surface area contributed by atoms with Crippen LogP contribution in [0.15, 0.2) is 90.8 Å². The maximum absolute atomic E-state index is 12.9. The van der Waals surface area contributed by atoms with Gasteiger partial charge in [0.25, 0.3) is 11.7 Å². The summed E-state index contributed by atoms with van der Waals surface area (Å²) in [5.41, 5.74) is 2.43. The predicted molar refractivity (Wildman–Crippen MR) is 110 cm³/mol. The Morgan fingerprint density at radius 2 is 1.52 bits per heavy atom. The average molecular weight is 384 g/mol. The summed E-state index contributed by atoms with van der Waals surface area (Å²) in [6.07, 6.45) is 3.85. The van der Waals surface area contributed by atoms with Crippen LogP contribution in [0, 0.1) is 0 Å². The van der Waals surface area contributed by atoms with E-state index >= 15 is 0 Å². The van der Waals surface area contributed by atoms with Crippen LogP contribution in [0.2, 0.25) is 0 Å². The van der Waals surface area contributed by atoms with E-state index in [1.54, 1.807) is 53.7 Å². The summed E-state index contributed by atoms with van der Waals surface area (Å²) in [6, 6.07) is 21.5. The molecular formula is C24H20N2O3. The molecule has 4 rings (SSSR count). The van der Waals surface area contributed by atoms with Crippen molar-refractivity contribution in [1.29, 1.82) is 0 Å². The quantitative estimate of drug-likeness (QED) is 0.413. The molecule has 1 aliphatic rings. The molecule has 5 heteroatoms. The molecule has 1 fully saturated rings. The smallest absolute Gasteiger partial charge is 0.295 e. The second-order valence-electron chi connectivity index (χ2n) is 6.87. The van der Waals surface area contributed by atoms with Gasteiger partial charge in [0.05, 0.1) is 11.6 Å². The van der Waals surface area contributed by atoms with Gasteiger partial charge in [0, 0.05) is 24.5 Å². The van der Waals surface area contributed by atoms with E-state index in [-0.39, 0.29) is 11.3 Å². The first-order valence-electron chi connectivity index (χ1n) is 9.44. The minimum absolute atomic E-state index is 0.112. The van der Waals surface area contributed by atoms with E-state index in [0.717, 1.165) is 11.1 Å². The molecule has 2 heterocycles. The van der Waals surface area contributed by atoms with Crippen LogP contribution < -0.4 is 0 Å². The fourth-order valence-electron chi connectivity index (χ4n) is 3.65. The van der Waals surface area contributed by atoms with Crippen LogP contribution in [0.1, 0.15) is 22.7 Å². The van der Waals surface area contributed by atoms with Crippen molar-refractivity contribution >= 4 is 17.4 Å². The number of hydrogen-bond acceptors (Lipinski definition) is 4. The number of Topliss-reactive ketones (excluding diaryl/α,β-unsaturated/α-hetero) is 1. The van der Waals surface area contributed by atoms with E-state index in [4.69, 9.17) is 0 Å². The van der Waals surface area contributed by atoms with Gasteiger partial charge in [-0.05, 0) is 29.7 Å². The number of aliphatic hydroxyl groups is 1. The number of aromatic nitrogens is 1. The first kappa shape index (κ1) is 18.6. The normalized spacial score (nSPS) is 18.2. The third-order valence-corrected chi connectivity index (χ3v) is 5.09. The van der Waals surface area contributed by atoms with E-state index in [1.165, 1.54) is 0 Å². The molecule has 0 radical (unpaired) electrons. The summed E-state index contributed by atoms with van der Waals surface area (Å²) in [7, 11) is 0. The summed E-state index contributed by atoms with van der Waals surface area (Å²) >= 11 is 0. The number of rotatable bonds is 5. The molecule has 0 spiro atoms. The number of carbonyl (C=O) groups excluding carboxylic acids is 2. The van der Waals surface area contributed by atoms with Gasteiger partial charge in [-0.25, -0.2) is 0 Å². The van der Waals surface area contributed by atoms with E-state index in [0.29, 0.717) is 18.5 Å². The fraction of sp³-hybridized carbons (Fsp3) is 0.125. The molecule has 0 saturated carbocycles. The average Bonchev–Trinajstić information content (AvgIpc) is 3.04. The maximum Gasteiger partial charge on any atom is 0.295 e. The number of likely N-dealkylation sites (tertiary alicyclic amines) is 1. The highest BCUT2D eigenvalue weighted by atomic mass is 16.3. The Morgan fingerprint density at radius 3 is 2.17 bits per heavy atom. The van der Waals surface area contributed by atoms with Crippen LogP contribution in [-0.2, 0) is 16.0 Å². The minimum atomic E-state index is -0.666. The zero-order valence-electron chi connectivity index (χ0n) is 15.7. The van der Waals surface area contributed by atoms with Gasteiger partial charge >= 0.3 is 0 Å². The lowest BCUT2D eigenvalue weighted by Gasteiger charge is -2.25. The van der Waals surface area contributed by atoms with Gasteiger partial charge in [-0.1, -0.05) is 60.7 Å². The monoisotopic (exact) mass is 384 g/mol. The summed E-state index contributed by atoms with van der Waals surface area (Å²) in [5.74, 6) is -1.42. The second-order valence-corrected chi connectivity index (χ2v) is 6.87. The lowest BCUT2D eigenvalue weighted by atomic mass is 9.96. The SMILES string of the molecule is O=C1C(=O)N(CCc2ccccc2)C(c2ccncc2)C1=C(O)c1ccccc1. The Bertz CT molecular complexity index is 1050. The molecular weight excluding hydrogens is 364 g/mol. The van der Waals surface area contributed by atoms with E-state index in [9.17, 15) is 14.7 Å². The Hall–Kier alpha value is -3.73. The zero-order chi connectivity index (χ0) is 20.2. The number of ketones is 1. The minimum Gasteiger partial charge on any atom is -0.507 e. The van der Waals surface area contributed by atoms with Crippen LogP contribution in [0.4, 0.5) is 0 Å². The summed E-state index contributed by atoms with van der Waals surface area (Å²) in [6.45, 7) is 0.368. The molecule has 1 N–H and O–H groups in total. The van der Waals surface area contributed by atoms with Crippen molar-refractivity contribution in [3.8, 4) is 0 Å². The molecule has 1 aromatic heterocycles. The molecule has 5 nitrogen and oxygen atoms in total. The third-order valence-electron chi connectivity index (χ3n) is 5.09. The number of benzene rings is 2. The molecule has 1 amide bonds. The van der Waals surface area contributed by atoms with Crippen LogP contribution in [0.25, 0.3) is 5.76 Å². The van der Waals surface area contributed by atoms with Crippen LogP contribution in [0.3, 0.4) is 0 Å². The summed E-state index contributed by atoms with van der Waals surface area (Å²) < 4.78 is 0. The standard InChI is InChI=1S/C24H20N2O3/c27-22(19-9-5-2-6-10-19)20-21(18-11-14-25-15-12-18)26(24(29)23(20)28)16-13-17-7-3-1-4-8-17/h1-12,14-15,21,27H,13,16H2. The van der Waals surface area contributed by atoms with Crippen molar-refractivity contribution in [3.63, 3.8) is 0 Å². The molecule has 0 bridgehead atoms. The van der Waals surface area contributed by atoms with Gasteiger partial charge in [-0.3, -0.25) is 14.6 Å². The highest BCUT2D eigenvalue weighted by molar-refractivity contribution is 6.46. The highest BCUT2D eigenvalue weighted by Gasteiger charge is 2.45.